The molecule has 0 bridgehead atoms. The van der Waals surface area contributed by atoms with E-state index in [1.54, 1.807) is 11.8 Å². The summed E-state index contributed by atoms with van der Waals surface area (Å²) < 4.78 is 11.4. The quantitative estimate of drug-likeness (QED) is 0.501. The van der Waals surface area contributed by atoms with Crippen LogP contribution in [-0.2, 0) is 22.6 Å². The number of rotatable bonds is 11. The molecule has 2 amide bonds. The van der Waals surface area contributed by atoms with Crippen molar-refractivity contribution in [1.82, 2.24) is 10.2 Å². The van der Waals surface area contributed by atoms with E-state index < -0.39 is 6.04 Å². The first kappa shape index (κ1) is 27.2. The first-order chi connectivity index (χ1) is 16.0. The van der Waals surface area contributed by atoms with Crippen molar-refractivity contribution in [3.63, 3.8) is 0 Å². The average Bonchev–Trinajstić information content (AvgIpc) is 2.77. The molecule has 0 aliphatic rings. The third-order valence-electron chi connectivity index (χ3n) is 5.37. The lowest BCUT2D eigenvalue weighted by Gasteiger charge is -2.31. The van der Waals surface area contributed by atoms with Crippen LogP contribution >= 0.6 is 0 Å². The number of aryl methyl sites for hydroxylation is 2. The van der Waals surface area contributed by atoms with Crippen molar-refractivity contribution in [2.24, 2.45) is 0 Å². The monoisotopic (exact) mass is 468 g/mol. The molecule has 0 saturated carbocycles. The highest BCUT2D eigenvalue weighted by Gasteiger charge is 2.28. The van der Waals surface area contributed by atoms with Gasteiger partial charge < -0.3 is 19.7 Å². The minimum Gasteiger partial charge on any atom is -0.490 e. The Morgan fingerprint density at radius 1 is 0.941 bits per heavy atom. The summed E-state index contributed by atoms with van der Waals surface area (Å²) >= 11 is 0. The molecule has 2 aromatic carbocycles. The van der Waals surface area contributed by atoms with E-state index in [9.17, 15) is 9.59 Å². The summed E-state index contributed by atoms with van der Waals surface area (Å²) in [5.41, 5.74) is 2.76. The summed E-state index contributed by atoms with van der Waals surface area (Å²) in [4.78, 5) is 27.9. The van der Waals surface area contributed by atoms with Gasteiger partial charge in [0.25, 0.3) is 0 Å². The molecule has 0 aliphatic heterocycles. The Bertz CT molecular complexity index is 948. The van der Waals surface area contributed by atoms with Gasteiger partial charge in [-0.15, -0.1) is 0 Å². The Balaban J connectivity index is 2.19. The van der Waals surface area contributed by atoms with E-state index >= 15 is 0 Å². The van der Waals surface area contributed by atoms with Gasteiger partial charge in [0.15, 0.2) is 11.5 Å². The fourth-order valence-corrected chi connectivity index (χ4v) is 3.59. The van der Waals surface area contributed by atoms with Gasteiger partial charge in [0.05, 0.1) is 13.2 Å². The third kappa shape index (κ3) is 8.40. The minimum atomic E-state index is -0.590. The second-order valence-corrected chi connectivity index (χ2v) is 9.57. The van der Waals surface area contributed by atoms with Gasteiger partial charge in [-0.1, -0.05) is 35.9 Å². The summed E-state index contributed by atoms with van der Waals surface area (Å²) in [6.07, 6.45) is 0.835. The van der Waals surface area contributed by atoms with Crippen molar-refractivity contribution < 1.29 is 19.1 Å². The summed E-state index contributed by atoms with van der Waals surface area (Å²) in [6, 6.07) is 13.2. The van der Waals surface area contributed by atoms with Crippen molar-refractivity contribution >= 4 is 11.8 Å². The lowest BCUT2D eigenvalue weighted by Crippen LogP contribution is -2.52. The van der Waals surface area contributed by atoms with Gasteiger partial charge in [-0.2, -0.15) is 0 Å². The SMILES string of the molecule is CCOc1ccc(CCC(=O)N(Cc2ccc(C)cc2)[C@@H](C)C(=O)NC(C)(C)C)cc1OCC. The molecule has 6 heteroatoms. The number of amides is 2. The topological polar surface area (TPSA) is 67.9 Å². The van der Waals surface area contributed by atoms with Crippen LogP contribution in [0.25, 0.3) is 0 Å². The minimum absolute atomic E-state index is 0.0658. The highest BCUT2D eigenvalue weighted by molar-refractivity contribution is 5.87. The highest BCUT2D eigenvalue weighted by Crippen LogP contribution is 2.29. The second-order valence-electron chi connectivity index (χ2n) is 9.57. The molecule has 0 aromatic heterocycles. The van der Waals surface area contributed by atoms with E-state index in [1.165, 1.54) is 0 Å². The van der Waals surface area contributed by atoms with Gasteiger partial charge in [0.1, 0.15) is 6.04 Å². The van der Waals surface area contributed by atoms with Gasteiger partial charge in [-0.3, -0.25) is 9.59 Å². The predicted molar refractivity (Wildman–Crippen MR) is 136 cm³/mol. The molecular formula is C28H40N2O4. The van der Waals surface area contributed by atoms with Gasteiger partial charge in [0, 0.05) is 18.5 Å². The van der Waals surface area contributed by atoms with Crippen molar-refractivity contribution in [1.29, 1.82) is 0 Å². The smallest absolute Gasteiger partial charge is 0.242 e. The molecule has 1 atom stereocenters. The Morgan fingerprint density at radius 2 is 1.53 bits per heavy atom. The van der Waals surface area contributed by atoms with Crippen molar-refractivity contribution in [2.75, 3.05) is 13.2 Å². The zero-order chi connectivity index (χ0) is 25.3. The van der Waals surface area contributed by atoms with Gasteiger partial charge >= 0.3 is 0 Å². The molecule has 0 unspecified atom stereocenters. The standard InChI is InChI=1S/C28H40N2O4/c1-8-33-24-16-14-22(18-25(24)34-9-2)15-17-26(31)30(19-23-12-10-20(3)11-13-23)21(4)27(32)29-28(5,6)7/h10-14,16,18,21H,8-9,15,17,19H2,1-7H3,(H,29,32)/t21-/m0/s1. The molecule has 186 valence electrons. The second kappa shape index (κ2) is 12.4. The van der Waals surface area contributed by atoms with Crippen molar-refractivity contribution in [3.8, 4) is 11.5 Å². The Morgan fingerprint density at radius 3 is 2.12 bits per heavy atom. The maximum atomic E-state index is 13.4. The molecular weight excluding hydrogens is 428 g/mol. The molecule has 2 aromatic rings. The number of nitrogens with zero attached hydrogens (tertiary/aromatic N) is 1. The van der Waals surface area contributed by atoms with Crippen LogP contribution in [0.5, 0.6) is 11.5 Å². The van der Waals surface area contributed by atoms with E-state index in [1.807, 2.05) is 84.0 Å². The molecule has 6 nitrogen and oxygen atoms in total. The highest BCUT2D eigenvalue weighted by atomic mass is 16.5. The Hall–Kier alpha value is -3.02. The summed E-state index contributed by atoms with van der Waals surface area (Å²) in [5, 5.41) is 3.00. The van der Waals surface area contributed by atoms with Crippen molar-refractivity contribution in [3.05, 3.63) is 59.2 Å². The summed E-state index contributed by atoms with van der Waals surface area (Å²) in [5.74, 6) is 1.16. The van der Waals surface area contributed by atoms with Gasteiger partial charge in [0.2, 0.25) is 11.8 Å². The molecule has 0 heterocycles. The Kier molecular flexibility index (Phi) is 9.97. The number of hydrogen-bond acceptors (Lipinski definition) is 4. The van der Waals surface area contributed by atoms with E-state index in [2.05, 4.69) is 5.32 Å². The fourth-order valence-electron chi connectivity index (χ4n) is 3.59. The number of benzene rings is 2. The van der Waals surface area contributed by atoms with Crippen LogP contribution in [0.1, 0.15) is 64.7 Å². The van der Waals surface area contributed by atoms with Crippen LogP contribution in [0.4, 0.5) is 0 Å². The normalized spacial score (nSPS) is 12.1. The van der Waals surface area contributed by atoms with Crippen LogP contribution < -0.4 is 14.8 Å². The predicted octanol–water partition coefficient (Wildman–Crippen LogP) is 5.06. The van der Waals surface area contributed by atoms with Crippen molar-refractivity contribution in [2.45, 2.75) is 79.4 Å². The van der Waals surface area contributed by atoms with Crippen LogP contribution in [0.2, 0.25) is 0 Å². The molecule has 0 radical (unpaired) electrons. The zero-order valence-corrected chi connectivity index (χ0v) is 21.7. The van der Waals surface area contributed by atoms with E-state index in [0.717, 1.165) is 16.7 Å². The molecule has 0 saturated heterocycles. The largest absolute Gasteiger partial charge is 0.490 e. The first-order valence-electron chi connectivity index (χ1n) is 12.1. The van der Waals surface area contributed by atoms with Crippen LogP contribution in [-0.4, -0.2) is 41.5 Å². The van der Waals surface area contributed by atoms with E-state index in [-0.39, 0.29) is 17.4 Å². The van der Waals surface area contributed by atoms with Crippen LogP contribution in [0, 0.1) is 6.92 Å². The van der Waals surface area contributed by atoms with E-state index in [4.69, 9.17) is 9.47 Å². The third-order valence-corrected chi connectivity index (χ3v) is 5.37. The van der Waals surface area contributed by atoms with Crippen LogP contribution in [0.3, 0.4) is 0 Å². The maximum absolute atomic E-state index is 13.4. The molecule has 0 spiro atoms. The molecule has 2 rings (SSSR count). The van der Waals surface area contributed by atoms with Gasteiger partial charge in [-0.05, 0) is 78.1 Å². The number of hydrogen-bond donors (Lipinski definition) is 1. The summed E-state index contributed by atoms with van der Waals surface area (Å²) in [6.45, 7) is 15.0. The average molecular weight is 469 g/mol. The number of carbonyl (C=O) groups excluding carboxylic acids is 2. The lowest BCUT2D eigenvalue weighted by molar-refractivity contribution is -0.141. The number of nitrogens with one attached hydrogen (secondary N) is 1. The Labute approximate surface area is 204 Å². The van der Waals surface area contributed by atoms with E-state index in [0.29, 0.717) is 44.1 Å². The molecule has 1 N–H and O–H groups in total. The molecule has 34 heavy (non-hydrogen) atoms. The van der Waals surface area contributed by atoms with Gasteiger partial charge in [-0.25, -0.2) is 0 Å². The number of carbonyl (C=O) groups is 2. The van der Waals surface area contributed by atoms with Crippen LogP contribution in [0.15, 0.2) is 42.5 Å². The maximum Gasteiger partial charge on any atom is 0.242 e. The lowest BCUT2D eigenvalue weighted by atomic mass is 10.1. The first-order valence-corrected chi connectivity index (χ1v) is 12.1. The summed E-state index contributed by atoms with van der Waals surface area (Å²) in [7, 11) is 0. The number of ether oxygens (including phenoxy) is 2. The zero-order valence-electron chi connectivity index (χ0n) is 21.7. The fraction of sp³-hybridized carbons (Fsp3) is 0.500. The molecule has 0 fully saturated rings. The molecule has 0 aliphatic carbocycles.